The predicted octanol–water partition coefficient (Wildman–Crippen LogP) is 2.41. The Morgan fingerprint density at radius 2 is 2.22 bits per heavy atom. The smallest absolute Gasteiger partial charge is 0.143 e. The Kier molecular flexibility index (Phi) is 3.49. The van der Waals surface area contributed by atoms with Gasteiger partial charge in [-0.15, -0.1) is 0 Å². The molecule has 1 N–H and O–H groups in total. The standard InChI is InChI=1S/C13H11FN4/c1-9-16-6-5-10(18-9)8-17-13-4-2-3-12(14)11(13)7-15/h2-6,17H,8H2,1H3. The molecule has 0 bridgehead atoms. The lowest BCUT2D eigenvalue weighted by Crippen LogP contribution is -2.05. The normalized spacial score (nSPS) is 9.83. The highest BCUT2D eigenvalue weighted by Crippen LogP contribution is 2.18. The van der Waals surface area contributed by atoms with Gasteiger partial charge in [0.15, 0.2) is 0 Å². The zero-order chi connectivity index (χ0) is 13.0. The molecular weight excluding hydrogens is 231 g/mol. The van der Waals surface area contributed by atoms with Crippen LogP contribution in [0.15, 0.2) is 30.5 Å². The van der Waals surface area contributed by atoms with Crippen molar-refractivity contribution in [1.82, 2.24) is 9.97 Å². The lowest BCUT2D eigenvalue weighted by atomic mass is 10.2. The van der Waals surface area contributed by atoms with Gasteiger partial charge in [-0.2, -0.15) is 5.26 Å². The van der Waals surface area contributed by atoms with E-state index in [1.807, 2.05) is 6.07 Å². The van der Waals surface area contributed by atoms with Gasteiger partial charge < -0.3 is 5.32 Å². The van der Waals surface area contributed by atoms with Gasteiger partial charge in [0, 0.05) is 6.20 Å². The molecular formula is C13H11FN4. The minimum Gasteiger partial charge on any atom is -0.378 e. The van der Waals surface area contributed by atoms with Gasteiger partial charge in [-0.1, -0.05) is 6.07 Å². The van der Waals surface area contributed by atoms with Gasteiger partial charge in [-0.25, -0.2) is 14.4 Å². The topological polar surface area (TPSA) is 61.6 Å². The van der Waals surface area contributed by atoms with Crippen LogP contribution in [0.3, 0.4) is 0 Å². The fraction of sp³-hybridized carbons (Fsp3) is 0.154. The van der Waals surface area contributed by atoms with Crippen molar-refractivity contribution in [2.24, 2.45) is 0 Å². The fourth-order valence-electron chi connectivity index (χ4n) is 1.57. The van der Waals surface area contributed by atoms with E-state index in [0.29, 0.717) is 18.1 Å². The zero-order valence-corrected chi connectivity index (χ0v) is 9.81. The first kappa shape index (κ1) is 12.0. The van der Waals surface area contributed by atoms with Crippen LogP contribution in [0.1, 0.15) is 17.1 Å². The lowest BCUT2D eigenvalue weighted by molar-refractivity contribution is 0.624. The van der Waals surface area contributed by atoms with E-state index in [4.69, 9.17) is 5.26 Å². The summed E-state index contributed by atoms with van der Waals surface area (Å²) in [5.74, 6) is 0.149. The molecule has 0 fully saturated rings. The average molecular weight is 242 g/mol. The Bertz CT molecular complexity index is 604. The summed E-state index contributed by atoms with van der Waals surface area (Å²) in [4.78, 5) is 8.21. The number of nitriles is 1. The van der Waals surface area contributed by atoms with E-state index < -0.39 is 5.82 Å². The second-order valence-corrected chi connectivity index (χ2v) is 3.72. The molecule has 1 aromatic heterocycles. The molecule has 0 saturated heterocycles. The first-order chi connectivity index (χ1) is 8.70. The molecule has 0 radical (unpaired) electrons. The highest BCUT2D eigenvalue weighted by Gasteiger charge is 2.07. The number of aryl methyl sites for hydroxylation is 1. The van der Waals surface area contributed by atoms with Gasteiger partial charge in [0.25, 0.3) is 0 Å². The van der Waals surface area contributed by atoms with Gasteiger partial charge in [-0.3, -0.25) is 0 Å². The number of hydrogen-bond acceptors (Lipinski definition) is 4. The van der Waals surface area contributed by atoms with E-state index in [1.54, 1.807) is 31.3 Å². The van der Waals surface area contributed by atoms with E-state index in [-0.39, 0.29) is 5.56 Å². The monoisotopic (exact) mass is 242 g/mol. The summed E-state index contributed by atoms with van der Waals surface area (Å²) >= 11 is 0. The molecule has 1 aromatic carbocycles. The zero-order valence-electron chi connectivity index (χ0n) is 9.81. The number of aromatic nitrogens is 2. The van der Waals surface area contributed by atoms with Gasteiger partial charge in [-0.05, 0) is 25.1 Å². The number of rotatable bonds is 3. The highest BCUT2D eigenvalue weighted by atomic mass is 19.1. The minimum atomic E-state index is -0.527. The molecule has 2 aromatic rings. The molecule has 0 unspecified atom stereocenters. The summed E-state index contributed by atoms with van der Waals surface area (Å²) in [6, 6.07) is 8.09. The molecule has 2 rings (SSSR count). The van der Waals surface area contributed by atoms with Crippen LogP contribution < -0.4 is 5.32 Å². The second-order valence-electron chi connectivity index (χ2n) is 3.72. The van der Waals surface area contributed by atoms with Crippen molar-refractivity contribution in [3.05, 3.63) is 53.4 Å². The van der Waals surface area contributed by atoms with Gasteiger partial charge in [0.1, 0.15) is 23.3 Å². The maximum absolute atomic E-state index is 13.4. The molecule has 90 valence electrons. The third kappa shape index (κ3) is 2.61. The van der Waals surface area contributed by atoms with Crippen molar-refractivity contribution in [1.29, 1.82) is 5.26 Å². The molecule has 0 aliphatic rings. The summed E-state index contributed by atoms with van der Waals surface area (Å²) in [7, 11) is 0. The SMILES string of the molecule is Cc1nccc(CNc2cccc(F)c2C#N)n1. The lowest BCUT2D eigenvalue weighted by Gasteiger charge is -2.08. The van der Waals surface area contributed by atoms with Crippen LogP contribution in [0.4, 0.5) is 10.1 Å². The van der Waals surface area contributed by atoms with Crippen LogP contribution in [-0.4, -0.2) is 9.97 Å². The largest absolute Gasteiger partial charge is 0.378 e. The first-order valence-electron chi connectivity index (χ1n) is 5.41. The molecule has 0 spiro atoms. The van der Waals surface area contributed by atoms with Crippen LogP contribution in [0, 0.1) is 24.1 Å². The van der Waals surface area contributed by atoms with Crippen molar-refractivity contribution in [3.63, 3.8) is 0 Å². The van der Waals surface area contributed by atoms with E-state index in [0.717, 1.165) is 5.69 Å². The molecule has 0 saturated carbocycles. The molecule has 1 heterocycles. The quantitative estimate of drug-likeness (QED) is 0.897. The average Bonchev–Trinajstić information content (AvgIpc) is 2.36. The minimum absolute atomic E-state index is 0.0169. The van der Waals surface area contributed by atoms with E-state index in [2.05, 4.69) is 15.3 Å². The van der Waals surface area contributed by atoms with Crippen molar-refractivity contribution < 1.29 is 4.39 Å². The van der Waals surface area contributed by atoms with Crippen molar-refractivity contribution in [2.45, 2.75) is 13.5 Å². The van der Waals surface area contributed by atoms with Crippen LogP contribution in [0.5, 0.6) is 0 Å². The third-order valence-electron chi connectivity index (χ3n) is 2.42. The Hall–Kier alpha value is -2.48. The summed E-state index contributed by atoms with van der Waals surface area (Å²) in [5, 5.41) is 11.9. The summed E-state index contributed by atoms with van der Waals surface area (Å²) in [6.45, 7) is 2.22. The Balaban J connectivity index is 2.16. The summed E-state index contributed by atoms with van der Waals surface area (Å²) < 4.78 is 13.4. The van der Waals surface area contributed by atoms with Crippen LogP contribution in [0.2, 0.25) is 0 Å². The van der Waals surface area contributed by atoms with Crippen molar-refractivity contribution in [3.8, 4) is 6.07 Å². The van der Waals surface area contributed by atoms with Crippen molar-refractivity contribution >= 4 is 5.69 Å². The predicted molar refractivity (Wildman–Crippen MR) is 65.2 cm³/mol. The number of benzene rings is 1. The molecule has 4 nitrogen and oxygen atoms in total. The van der Waals surface area contributed by atoms with E-state index in [1.165, 1.54) is 6.07 Å². The molecule has 0 aliphatic carbocycles. The Morgan fingerprint density at radius 1 is 1.39 bits per heavy atom. The fourth-order valence-corrected chi connectivity index (χ4v) is 1.57. The van der Waals surface area contributed by atoms with Gasteiger partial charge in [0.05, 0.1) is 17.9 Å². The number of halogens is 1. The van der Waals surface area contributed by atoms with Gasteiger partial charge >= 0.3 is 0 Å². The molecule has 0 amide bonds. The third-order valence-corrected chi connectivity index (χ3v) is 2.42. The van der Waals surface area contributed by atoms with Crippen LogP contribution >= 0.6 is 0 Å². The van der Waals surface area contributed by atoms with Crippen LogP contribution in [0.25, 0.3) is 0 Å². The molecule has 18 heavy (non-hydrogen) atoms. The van der Waals surface area contributed by atoms with Crippen LogP contribution in [-0.2, 0) is 6.54 Å². The molecule has 0 atom stereocenters. The number of anilines is 1. The second kappa shape index (κ2) is 5.23. The van der Waals surface area contributed by atoms with Gasteiger partial charge in [0.2, 0.25) is 0 Å². The number of nitrogens with zero attached hydrogens (tertiary/aromatic N) is 3. The maximum Gasteiger partial charge on any atom is 0.143 e. The van der Waals surface area contributed by atoms with E-state index in [9.17, 15) is 4.39 Å². The summed E-state index contributed by atoms with van der Waals surface area (Å²) in [6.07, 6.45) is 1.66. The molecule has 0 aliphatic heterocycles. The summed E-state index contributed by atoms with van der Waals surface area (Å²) in [5.41, 5.74) is 1.27. The van der Waals surface area contributed by atoms with E-state index >= 15 is 0 Å². The number of nitrogens with one attached hydrogen (secondary N) is 1. The Labute approximate surface area is 104 Å². The first-order valence-corrected chi connectivity index (χ1v) is 5.41. The van der Waals surface area contributed by atoms with Crippen molar-refractivity contribution in [2.75, 3.05) is 5.32 Å². The molecule has 5 heteroatoms. The maximum atomic E-state index is 13.4. The highest BCUT2D eigenvalue weighted by molar-refractivity contribution is 5.57. The number of hydrogen-bond donors (Lipinski definition) is 1. The Morgan fingerprint density at radius 3 is 2.94 bits per heavy atom.